The number of nitrogens with one attached hydrogen (secondary N) is 1. The Balaban J connectivity index is 2.52. The number of hydrogen-bond donors (Lipinski definition) is 2. The minimum atomic E-state index is -3.42. The maximum Gasteiger partial charge on any atom is 0.258 e. The van der Waals surface area contributed by atoms with E-state index in [0.717, 1.165) is 6.26 Å². The molecule has 2 aromatic rings. The topological polar surface area (TPSA) is 111 Å². The van der Waals surface area contributed by atoms with E-state index in [2.05, 4.69) is 9.71 Å². The van der Waals surface area contributed by atoms with Gasteiger partial charge in [-0.25, -0.2) is 8.42 Å². The van der Waals surface area contributed by atoms with Crippen molar-refractivity contribution in [3.8, 4) is 5.75 Å². The average molecular weight is 309 g/mol. The molecular formula is C13H15N3O4S. The highest BCUT2D eigenvalue weighted by molar-refractivity contribution is 7.92. The molecule has 0 fully saturated rings. The predicted molar refractivity (Wildman–Crippen MR) is 79.5 cm³/mol. The highest BCUT2D eigenvalue weighted by Gasteiger charge is 2.15. The Bertz CT molecular complexity index is 789. The van der Waals surface area contributed by atoms with Gasteiger partial charge in [0.05, 0.1) is 17.5 Å². The summed E-state index contributed by atoms with van der Waals surface area (Å²) in [6.07, 6.45) is 1.79. The third-order valence-electron chi connectivity index (χ3n) is 2.73. The number of fused-ring (bicyclic) bond motifs is 1. The van der Waals surface area contributed by atoms with Gasteiger partial charge in [-0.15, -0.1) is 0 Å². The monoisotopic (exact) mass is 309 g/mol. The second kappa shape index (κ2) is 5.57. The Morgan fingerprint density at radius 2 is 2.10 bits per heavy atom. The van der Waals surface area contributed by atoms with E-state index in [1.807, 2.05) is 0 Å². The molecule has 7 nitrogen and oxygen atoms in total. The number of aromatic nitrogens is 1. The zero-order valence-corrected chi connectivity index (χ0v) is 12.3. The second-order valence-electron chi connectivity index (χ2n) is 4.55. The second-order valence-corrected chi connectivity index (χ2v) is 6.30. The molecule has 1 aromatic heterocycles. The van der Waals surface area contributed by atoms with Gasteiger partial charge in [0.15, 0.2) is 6.10 Å². The lowest BCUT2D eigenvalue weighted by molar-refractivity contribution is -0.123. The number of benzene rings is 1. The molecule has 0 bridgehead atoms. The molecule has 1 unspecified atom stereocenters. The van der Waals surface area contributed by atoms with Crippen molar-refractivity contribution in [2.45, 2.75) is 13.0 Å². The van der Waals surface area contributed by atoms with Crippen LogP contribution >= 0.6 is 0 Å². The lowest BCUT2D eigenvalue weighted by Gasteiger charge is -2.15. The fourth-order valence-electron chi connectivity index (χ4n) is 1.78. The summed E-state index contributed by atoms with van der Waals surface area (Å²) >= 11 is 0. The van der Waals surface area contributed by atoms with Crippen molar-refractivity contribution in [2.75, 3.05) is 11.0 Å². The van der Waals surface area contributed by atoms with Crippen molar-refractivity contribution in [3.05, 3.63) is 30.5 Å². The third kappa shape index (κ3) is 3.60. The van der Waals surface area contributed by atoms with Crippen molar-refractivity contribution in [1.82, 2.24) is 4.98 Å². The Labute approximate surface area is 122 Å². The number of nitrogens with two attached hydrogens (primary N) is 1. The van der Waals surface area contributed by atoms with E-state index in [9.17, 15) is 13.2 Å². The van der Waals surface area contributed by atoms with E-state index >= 15 is 0 Å². The van der Waals surface area contributed by atoms with Crippen molar-refractivity contribution < 1.29 is 17.9 Å². The lowest BCUT2D eigenvalue weighted by Crippen LogP contribution is -2.30. The van der Waals surface area contributed by atoms with Crippen LogP contribution in [0.25, 0.3) is 10.9 Å². The molecule has 112 valence electrons. The minimum absolute atomic E-state index is 0.340. The quantitative estimate of drug-likeness (QED) is 0.850. The van der Waals surface area contributed by atoms with Crippen LogP contribution in [0.15, 0.2) is 30.5 Å². The normalized spacial score (nSPS) is 12.9. The average Bonchev–Trinajstić information content (AvgIpc) is 2.40. The molecule has 0 aliphatic carbocycles. The summed E-state index contributed by atoms with van der Waals surface area (Å²) in [7, 11) is -3.42. The van der Waals surface area contributed by atoms with Crippen molar-refractivity contribution in [2.24, 2.45) is 5.73 Å². The van der Waals surface area contributed by atoms with Crippen LogP contribution in [0.1, 0.15) is 6.92 Å². The fourth-order valence-corrected chi connectivity index (χ4v) is 2.34. The van der Waals surface area contributed by atoms with Crippen LogP contribution in [0.3, 0.4) is 0 Å². The van der Waals surface area contributed by atoms with E-state index < -0.39 is 22.0 Å². The van der Waals surface area contributed by atoms with Crippen LogP contribution in [-0.4, -0.2) is 31.7 Å². The summed E-state index contributed by atoms with van der Waals surface area (Å²) in [5.41, 5.74) is 5.94. The van der Waals surface area contributed by atoms with Crippen LogP contribution in [0.2, 0.25) is 0 Å². The predicted octanol–water partition coefficient (Wildman–Crippen LogP) is 0.859. The molecule has 0 spiro atoms. The van der Waals surface area contributed by atoms with E-state index in [1.54, 1.807) is 18.2 Å². The van der Waals surface area contributed by atoms with Gasteiger partial charge in [0, 0.05) is 11.6 Å². The van der Waals surface area contributed by atoms with Gasteiger partial charge in [-0.1, -0.05) is 0 Å². The minimum Gasteiger partial charge on any atom is -0.480 e. The summed E-state index contributed by atoms with van der Waals surface area (Å²) in [6.45, 7) is 1.53. The Morgan fingerprint density at radius 3 is 2.71 bits per heavy atom. The first-order valence-corrected chi connectivity index (χ1v) is 7.98. The molecule has 0 radical (unpaired) electrons. The number of carbonyl (C=O) groups is 1. The maximum atomic E-state index is 11.4. The number of sulfonamides is 1. The highest BCUT2D eigenvalue weighted by atomic mass is 32.2. The number of primary amides is 1. The molecule has 2 rings (SSSR count). The maximum absolute atomic E-state index is 11.4. The number of pyridine rings is 1. The molecule has 1 amide bonds. The molecule has 0 saturated carbocycles. The molecular weight excluding hydrogens is 294 g/mol. The van der Waals surface area contributed by atoms with E-state index in [0.29, 0.717) is 22.3 Å². The van der Waals surface area contributed by atoms with Crippen LogP contribution in [0.5, 0.6) is 5.75 Å². The number of rotatable bonds is 5. The van der Waals surface area contributed by atoms with Crippen molar-refractivity contribution in [1.29, 1.82) is 0 Å². The molecule has 1 aromatic carbocycles. The third-order valence-corrected chi connectivity index (χ3v) is 3.32. The van der Waals surface area contributed by atoms with Gasteiger partial charge in [0.25, 0.3) is 5.91 Å². The first-order chi connectivity index (χ1) is 9.78. The number of ether oxygens (including phenoxy) is 1. The van der Waals surface area contributed by atoms with Crippen molar-refractivity contribution >= 4 is 32.5 Å². The number of hydrogen-bond acceptors (Lipinski definition) is 5. The number of amides is 1. The van der Waals surface area contributed by atoms with E-state index in [-0.39, 0.29) is 0 Å². The van der Waals surface area contributed by atoms with Crippen LogP contribution in [0.4, 0.5) is 5.69 Å². The van der Waals surface area contributed by atoms with Crippen LogP contribution < -0.4 is 15.2 Å². The molecule has 0 aliphatic rings. The lowest BCUT2D eigenvalue weighted by atomic mass is 10.1. The number of carbonyl (C=O) groups excluding carboxylic acids is 1. The molecule has 1 heterocycles. The largest absolute Gasteiger partial charge is 0.480 e. The number of nitrogens with zero attached hydrogens (tertiary/aromatic N) is 1. The summed E-state index contributed by atoms with van der Waals surface area (Å²) in [5.74, 6) is -0.186. The molecule has 8 heteroatoms. The molecule has 3 N–H and O–H groups in total. The molecule has 0 aliphatic heterocycles. The van der Waals surface area contributed by atoms with Gasteiger partial charge in [-0.2, -0.15) is 0 Å². The van der Waals surface area contributed by atoms with Crippen LogP contribution in [-0.2, 0) is 14.8 Å². The Kier molecular flexibility index (Phi) is 3.99. The molecule has 0 saturated heterocycles. The summed E-state index contributed by atoms with van der Waals surface area (Å²) in [5, 5.41) is 0.583. The SMILES string of the molecule is CC(Oc1ccc(NS(C)(=O)=O)c2ncccc12)C(N)=O. The van der Waals surface area contributed by atoms with E-state index in [1.165, 1.54) is 19.2 Å². The smallest absolute Gasteiger partial charge is 0.258 e. The van der Waals surface area contributed by atoms with Crippen molar-refractivity contribution in [3.63, 3.8) is 0 Å². The summed E-state index contributed by atoms with van der Waals surface area (Å²) in [4.78, 5) is 15.2. The van der Waals surface area contributed by atoms with Gasteiger partial charge in [-0.05, 0) is 31.2 Å². The Hall–Kier alpha value is -2.35. The zero-order valence-electron chi connectivity index (χ0n) is 11.5. The summed E-state index contributed by atoms with van der Waals surface area (Å²) < 4.78 is 30.6. The van der Waals surface area contributed by atoms with Gasteiger partial charge < -0.3 is 10.5 Å². The fraction of sp³-hybridized carbons (Fsp3) is 0.231. The Morgan fingerprint density at radius 1 is 1.38 bits per heavy atom. The van der Waals surface area contributed by atoms with Gasteiger partial charge in [-0.3, -0.25) is 14.5 Å². The number of anilines is 1. The molecule has 21 heavy (non-hydrogen) atoms. The molecule has 1 atom stereocenters. The summed E-state index contributed by atoms with van der Waals surface area (Å²) in [6, 6.07) is 6.50. The van der Waals surface area contributed by atoms with Crippen LogP contribution in [0, 0.1) is 0 Å². The standard InChI is InChI=1S/C13H15N3O4S/c1-8(13(14)17)20-11-6-5-10(16-21(2,18)19)12-9(11)4-3-7-15-12/h3-8,16H,1-2H3,(H2,14,17). The zero-order chi connectivity index (χ0) is 15.6. The van der Waals surface area contributed by atoms with Gasteiger partial charge >= 0.3 is 0 Å². The van der Waals surface area contributed by atoms with Gasteiger partial charge in [0.1, 0.15) is 5.75 Å². The first-order valence-electron chi connectivity index (χ1n) is 6.09. The first kappa shape index (κ1) is 15.0. The van der Waals surface area contributed by atoms with E-state index in [4.69, 9.17) is 10.5 Å². The van der Waals surface area contributed by atoms with Gasteiger partial charge in [0.2, 0.25) is 10.0 Å². The highest BCUT2D eigenvalue weighted by Crippen LogP contribution is 2.31.